The van der Waals surface area contributed by atoms with Gasteiger partial charge in [0.1, 0.15) is 0 Å². The lowest BCUT2D eigenvalue weighted by Crippen LogP contribution is -2.05. The molecule has 0 fully saturated rings. The van der Waals surface area contributed by atoms with Gasteiger partial charge in [0.15, 0.2) is 5.78 Å². The molecule has 1 heterocycles. The SMILES string of the molecule is CC(=O)Nc1ccc(C(=O)/C=C/c2cn[nH]c2-c2ccccc2)cc1. The number of aromatic nitrogens is 2. The zero-order valence-electron chi connectivity index (χ0n) is 13.7. The molecule has 0 aliphatic rings. The molecule has 3 rings (SSSR count). The molecule has 5 heteroatoms. The summed E-state index contributed by atoms with van der Waals surface area (Å²) in [5.74, 6) is -0.262. The molecule has 0 saturated heterocycles. The number of carbonyl (C=O) groups excluding carboxylic acids is 2. The van der Waals surface area contributed by atoms with Crippen LogP contribution >= 0.6 is 0 Å². The van der Waals surface area contributed by atoms with Gasteiger partial charge in [-0.2, -0.15) is 5.10 Å². The number of amides is 1. The fourth-order valence-electron chi connectivity index (χ4n) is 2.44. The van der Waals surface area contributed by atoms with Crippen LogP contribution in [0.5, 0.6) is 0 Å². The summed E-state index contributed by atoms with van der Waals surface area (Å²) in [6.07, 6.45) is 4.95. The smallest absolute Gasteiger partial charge is 0.221 e. The van der Waals surface area contributed by atoms with Crippen LogP contribution in [0.1, 0.15) is 22.8 Å². The quantitative estimate of drug-likeness (QED) is 0.549. The molecule has 5 nitrogen and oxygen atoms in total. The van der Waals surface area contributed by atoms with Gasteiger partial charge in [-0.1, -0.05) is 30.3 Å². The van der Waals surface area contributed by atoms with Gasteiger partial charge in [0.05, 0.1) is 11.9 Å². The second-order valence-corrected chi connectivity index (χ2v) is 5.52. The van der Waals surface area contributed by atoms with Gasteiger partial charge in [-0.25, -0.2) is 0 Å². The van der Waals surface area contributed by atoms with E-state index in [4.69, 9.17) is 0 Å². The van der Waals surface area contributed by atoms with Crippen LogP contribution in [0.3, 0.4) is 0 Å². The molecule has 0 bridgehead atoms. The lowest BCUT2D eigenvalue weighted by Gasteiger charge is -2.02. The lowest BCUT2D eigenvalue weighted by molar-refractivity contribution is -0.114. The van der Waals surface area contributed by atoms with Crippen molar-refractivity contribution in [1.29, 1.82) is 0 Å². The Bertz CT molecular complexity index is 910. The summed E-state index contributed by atoms with van der Waals surface area (Å²) in [6.45, 7) is 1.44. The van der Waals surface area contributed by atoms with Crippen molar-refractivity contribution in [1.82, 2.24) is 10.2 Å². The Morgan fingerprint density at radius 3 is 2.44 bits per heavy atom. The Balaban J connectivity index is 1.75. The number of hydrogen-bond acceptors (Lipinski definition) is 3. The number of allylic oxidation sites excluding steroid dienone is 1. The second-order valence-electron chi connectivity index (χ2n) is 5.52. The molecular formula is C20H17N3O2. The first kappa shape index (κ1) is 16.4. The fourth-order valence-corrected chi connectivity index (χ4v) is 2.44. The van der Waals surface area contributed by atoms with E-state index in [2.05, 4.69) is 15.5 Å². The number of H-pyrrole nitrogens is 1. The minimum Gasteiger partial charge on any atom is -0.326 e. The van der Waals surface area contributed by atoms with Crippen molar-refractivity contribution < 1.29 is 9.59 Å². The van der Waals surface area contributed by atoms with Crippen LogP contribution in [-0.2, 0) is 4.79 Å². The average molecular weight is 331 g/mol. The van der Waals surface area contributed by atoms with Crippen molar-refractivity contribution in [3.05, 3.63) is 78.0 Å². The van der Waals surface area contributed by atoms with E-state index in [9.17, 15) is 9.59 Å². The van der Waals surface area contributed by atoms with E-state index in [0.29, 0.717) is 11.3 Å². The van der Waals surface area contributed by atoms with Crippen LogP contribution in [0, 0.1) is 0 Å². The molecule has 0 aliphatic heterocycles. The fraction of sp³-hybridized carbons (Fsp3) is 0.0500. The van der Waals surface area contributed by atoms with E-state index < -0.39 is 0 Å². The molecular weight excluding hydrogens is 314 g/mol. The van der Waals surface area contributed by atoms with Crippen molar-refractivity contribution in [2.24, 2.45) is 0 Å². The first-order chi connectivity index (χ1) is 12.1. The van der Waals surface area contributed by atoms with Gasteiger partial charge in [0.25, 0.3) is 0 Å². The van der Waals surface area contributed by atoms with Gasteiger partial charge in [0, 0.05) is 29.3 Å². The highest BCUT2D eigenvalue weighted by molar-refractivity contribution is 6.07. The maximum atomic E-state index is 12.3. The molecule has 0 saturated carbocycles. The number of nitrogens with one attached hydrogen (secondary N) is 2. The van der Waals surface area contributed by atoms with Gasteiger partial charge < -0.3 is 5.32 Å². The Morgan fingerprint density at radius 2 is 1.76 bits per heavy atom. The Kier molecular flexibility index (Phi) is 4.85. The van der Waals surface area contributed by atoms with Crippen LogP contribution in [0.2, 0.25) is 0 Å². The van der Waals surface area contributed by atoms with Crippen molar-refractivity contribution in [3.8, 4) is 11.3 Å². The average Bonchev–Trinajstić information content (AvgIpc) is 3.09. The molecule has 0 unspecified atom stereocenters. The largest absolute Gasteiger partial charge is 0.326 e. The number of benzene rings is 2. The number of hydrogen-bond donors (Lipinski definition) is 2. The summed E-state index contributed by atoms with van der Waals surface area (Å²) in [4.78, 5) is 23.3. The van der Waals surface area contributed by atoms with Crippen LogP contribution in [0.15, 0.2) is 66.9 Å². The van der Waals surface area contributed by atoms with Crippen molar-refractivity contribution in [2.75, 3.05) is 5.32 Å². The van der Waals surface area contributed by atoms with Crippen LogP contribution in [-0.4, -0.2) is 21.9 Å². The first-order valence-electron chi connectivity index (χ1n) is 7.82. The second kappa shape index (κ2) is 7.40. The summed E-state index contributed by atoms with van der Waals surface area (Å²) >= 11 is 0. The molecule has 0 aliphatic carbocycles. The van der Waals surface area contributed by atoms with Gasteiger partial charge in [-0.05, 0) is 36.4 Å². The van der Waals surface area contributed by atoms with Crippen LogP contribution < -0.4 is 5.32 Å². The van der Waals surface area contributed by atoms with Crippen LogP contribution in [0.25, 0.3) is 17.3 Å². The summed E-state index contributed by atoms with van der Waals surface area (Å²) in [6, 6.07) is 16.6. The summed E-state index contributed by atoms with van der Waals surface area (Å²) in [7, 11) is 0. The molecule has 25 heavy (non-hydrogen) atoms. The first-order valence-corrected chi connectivity index (χ1v) is 7.82. The Hall–Kier alpha value is -3.47. The van der Waals surface area contributed by atoms with Crippen LogP contribution in [0.4, 0.5) is 5.69 Å². The van der Waals surface area contributed by atoms with Gasteiger partial charge >= 0.3 is 0 Å². The van der Waals surface area contributed by atoms with E-state index >= 15 is 0 Å². The monoisotopic (exact) mass is 331 g/mol. The van der Waals surface area contributed by atoms with Crippen molar-refractivity contribution >= 4 is 23.5 Å². The topological polar surface area (TPSA) is 74.8 Å². The van der Waals surface area contributed by atoms with Gasteiger partial charge in [0.2, 0.25) is 5.91 Å². The molecule has 2 aromatic carbocycles. The number of nitrogens with zero attached hydrogens (tertiary/aromatic N) is 1. The standard InChI is InChI=1S/C20H17N3O2/c1-14(24)22-18-10-7-15(8-11-18)19(25)12-9-17-13-21-23-20(17)16-5-3-2-4-6-16/h2-13H,1H3,(H,21,23)(H,22,24)/b12-9+. The molecule has 0 atom stereocenters. The van der Waals surface area contributed by atoms with Gasteiger partial charge in [-0.3, -0.25) is 14.7 Å². The molecule has 0 spiro atoms. The zero-order valence-corrected chi connectivity index (χ0v) is 13.7. The number of rotatable bonds is 5. The van der Waals surface area contributed by atoms with E-state index in [-0.39, 0.29) is 11.7 Å². The predicted octanol–water partition coefficient (Wildman–Crippen LogP) is 3.93. The molecule has 3 aromatic rings. The number of aromatic amines is 1. The highest BCUT2D eigenvalue weighted by atomic mass is 16.1. The summed E-state index contributed by atoms with van der Waals surface area (Å²) in [5, 5.41) is 9.69. The minimum absolute atomic E-state index is 0.116. The van der Waals surface area contributed by atoms with E-state index in [1.807, 2.05) is 30.3 Å². The van der Waals surface area contributed by atoms with E-state index in [0.717, 1.165) is 16.8 Å². The summed E-state index contributed by atoms with van der Waals surface area (Å²) < 4.78 is 0. The molecule has 0 radical (unpaired) electrons. The predicted molar refractivity (Wildman–Crippen MR) is 98.1 cm³/mol. The van der Waals surface area contributed by atoms with E-state index in [1.54, 1.807) is 36.5 Å². The van der Waals surface area contributed by atoms with Gasteiger partial charge in [-0.15, -0.1) is 0 Å². The third kappa shape index (κ3) is 4.09. The highest BCUT2D eigenvalue weighted by Crippen LogP contribution is 2.22. The van der Waals surface area contributed by atoms with Crippen molar-refractivity contribution in [2.45, 2.75) is 6.92 Å². The lowest BCUT2D eigenvalue weighted by atomic mass is 10.1. The molecule has 124 valence electrons. The summed E-state index contributed by atoms with van der Waals surface area (Å²) in [5.41, 5.74) is 3.93. The Morgan fingerprint density at radius 1 is 1.04 bits per heavy atom. The molecule has 2 N–H and O–H groups in total. The van der Waals surface area contributed by atoms with E-state index in [1.165, 1.54) is 13.0 Å². The normalized spacial score (nSPS) is 10.8. The number of anilines is 1. The third-order valence-corrected chi connectivity index (χ3v) is 3.64. The highest BCUT2D eigenvalue weighted by Gasteiger charge is 2.06. The minimum atomic E-state index is -0.146. The maximum absolute atomic E-state index is 12.3. The zero-order chi connectivity index (χ0) is 17.6. The maximum Gasteiger partial charge on any atom is 0.221 e. The number of carbonyl (C=O) groups is 2. The van der Waals surface area contributed by atoms with Crippen molar-refractivity contribution in [3.63, 3.8) is 0 Å². The molecule has 1 amide bonds. The third-order valence-electron chi connectivity index (χ3n) is 3.64. The molecule has 1 aromatic heterocycles. The number of ketones is 1. The Labute approximate surface area is 145 Å².